The highest BCUT2D eigenvalue weighted by Crippen LogP contribution is 2.29. The van der Waals surface area contributed by atoms with Crippen molar-refractivity contribution in [1.82, 2.24) is 5.32 Å². The second kappa shape index (κ2) is 7.55. The molecule has 3 aromatic rings. The van der Waals surface area contributed by atoms with Gasteiger partial charge in [0.1, 0.15) is 17.2 Å². The predicted octanol–water partition coefficient (Wildman–Crippen LogP) is 3.99. The lowest BCUT2D eigenvalue weighted by Gasteiger charge is -2.30. The summed E-state index contributed by atoms with van der Waals surface area (Å²) in [4.78, 5) is 0. The van der Waals surface area contributed by atoms with Gasteiger partial charge in [0.25, 0.3) is 0 Å². The van der Waals surface area contributed by atoms with Crippen molar-refractivity contribution in [2.24, 2.45) is 0 Å². The van der Waals surface area contributed by atoms with Crippen LogP contribution < -0.4 is 5.32 Å². The second-order valence-electron chi connectivity index (χ2n) is 5.96. The summed E-state index contributed by atoms with van der Waals surface area (Å²) < 4.78 is 26.2. The van der Waals surface area contributed by atoms with Crippen molar-refractivity contribution in [3.8, 4) is 0 Å². The molecule has 0 spiro atoms. The van der Waals surface area contributed by atoms with Crippen LogP contribution in [0.25, 0.3) is 0 Å². The van der Waals surface area contributed by atoms with Crippen LogP contribution in [-0.4, -0.2) is 11.7 Å². The van der Waals surface area contributed by atoms with E-state index in [0.717, 1.165) is 5.56 Å². The van der Waals surface area contributed by atoms with Gasteiger partial charge in [0.15, 0.2) is 0 Å². The molecule has 0 saturated carbocycles. The summed E-state index contributed by atoms with van der Waals surface area (Å²) in [6.45, 7) is 0.719. The lowest BCUT2D eigenvalue weighted by atomic mass is 9.86. The summed E-state index contributed by atoms with van der Waals surface area (Å²) >= 11 is 0. The number of hydrogen-bond acceptors (Lipinski definition) is 2. The molecule has 2 nitrogen and oxygen atoms in total. The molecule has 128 valence electrons. The van der Waals surface area contributed by atoms with E-state index >= 15 is 0 Å². The molecule has 3 aromatic carbocycles. The predicted molar refractivity (Wildman–Crippen MR) is 93.9 cm³/mol. The molecule has 0 bridgehead atoms. The molecule has 0 aliphatic rings. The van der Waals surface area contributed by atoms with Gasteiger partial charge in [0, 0.05) is 13.1 Å². The molecule has 4 heteroatoms. The maximum Gasteiger partial charge on any atom is 0.127 e. The molecule has 0 amide bonds. The van der Waals surface area contributed by atoms with Gasteiger partial charge < -0.3 is 10.4 Å². The molecule has 1 atom stereocenters. The number of nitrogens with one attached hydrogen (secondary N) is 1. The number of hydrogen-bond donors (Lipinski definition) is 2. The Morgan fingerprint density at radius 2 is 1.24 bits per heavy atom. The Balaban J connectivity index is 1.81. The van der Waals surface area contributed by atoms with Crippen LogP contribution in [0, 0.1) is 11.6 Å². The Bertz CT molecular complexity index is 804. The zero-order valence-corrected chi connectivity index (χ0v) is 13.6. The van der Waals surface area contributed by atoms with Crippen molar-refractivity contribution in [2.75, 3.05) is 6.54 Å². The molecule has 0 unspecified atom stereocenters. The van der Waals surface area contributed by atoms with E-state index in [1.54, 1.807) is 24.3 Å². The van der Waals surface area contributed by atoms with Crippen molar-refractivity contribution in [1.29, 1.82) is 0 Å². The Morgan fingerprint density at radius 1 is 0.720 bits per heavy atom. The van der Waals surface area contributed by atoms with Gasteiger partial charge in [-0.3, -0.25) is 0 Å². The summed E-state index contributed by atoms with van der Waals surface area (Å²) in [6.07, 6.45) is 0. The fourth-order valence-electron chi connectivity index (χ4n) is 2.80. The Morgan fingerprint density at radius 3 is 1.84 bits per heavy atom. The van der Waals surface area contributed by atoms with E-state index in [4.69, 9.17) is 0 Å². The fraction of sp³-hybridized carbons (Fsp3) is 0.143. The van der Waals surface area contributed by atoms with Gasteiger partial charge in [-0.15, -0.1) is 0 Å². The number of aliphatic hydroxyl groups is 1. The van der Waals surface area contributed by atoms with Crippen LogP contribution >= 0.6 is 0 Å². The topological polar surface area (TPSA) is 32.3 Å². The van der Waals surface area contributed by atoms with Gasteiger partial charge in [-0.25, -0.2) is 8.78 Å². The van der Waals surface area contributed by atoms with E-state index in [1.807, 2.05) is 30.3 Å². The van der Waals surface area contributed by atoms with E-state index in [-0.39, 0.29) is 18.2 Å². The van der Waals surface area contributed by atoms with Crippen molar-refractivity contribution in [2.45, 2.75) is 12.1 Å². The summed E-state index contributed by atoms with van der Waals surface area (Å²) in [5.74, 6) is -0.630. The first kappa shape index (κ1) is 17.3. The quantitative estimate of drug-likeness (QED) is 0.712. The normalized spacial score (nSPS) is 13.4. The van der Waals surface area contributed by atoms with E-state index in [9.17, 15) is 13.9 Å². The third-order valence-corrected chi connectivity index (χ3v) is 4.20. The average Bonchev–Trinajstić information content (AvgIpc) is 2.64. The molecular weight excluding hydrogens is 320 g/mol. The third kappa shape index (κ3) is 4.10. The fourth-order valence-corrected chi connectivity index (χ4v) is 2.80. The largest absolute Gasteiger partial charge is 0.379 e. The van der Waals surface area contributed by atoms with E-state index in [2.05, 4.69) is 5.32 Å². The lowest BCUT2D eigenvalue weighted by molar-refractivity contribution is 0.0795. The zero-order valence-electron chi connectivity index (χ0n) is 13.6. The summed E-state index contributed by atoms with van der Waals surface area (Å²) in [5.41, 5.74) is 0.936. The molecule has 0 radical (unpaired) electrons. The maximum atomic E-state index is 13.3. The first-order valence-electron chi connectivity index (χ1n) is 8.07. The van der Waals surface area contributed by atoms with Crippen LogP contribution in [0.1, 0.15) is 16.7 Å². The minimum Gasteiger partial charge on any atom is -0.379 e. The monoisotopic (exact) mass is 339 g/mol. The van der Waals surface area contributed by atoms with Gasteiger partial charge in [0.05, 0.1) is 0 Å². The molecule has 3 rings (SSSR count). The highest BCUT2D eigenvalue weighted by molar-refractivity contribution is 5.36. The van der Waals surface area contributed by atoms with Crippen LogP contribution in [0.3, 0.4) is 0 Å². The SMILES string of the molecule is O[C@](CNCc1ccc(F)cc1)(c1ccccc1)c1ccc(F)cc1. The smallest absolute Gasteiger partial charge is 0.127 e. The van der Waals surface area contributed by atoms with Crippen LogP contribution in [0.2, 0.25) is 0 Å². The Hall–Kier alpha value is -2.56. The molecule has 0 aliphatic heterocycles. The standard InChI is InChI=1S/C21H19F2NO/c22-19-10-6-16(7-11-19)14-24-15-21(25,17-4-2-1-3-5-17)18-8-12-20(23)13-9-18/h1-13,24-25H,14-15H2/t21-/m1/s1. The molecule has 25 heavy (non-hydrogen) atoms. The van der Waals surface area contributed by atoms with E-state index < -0.39 is 5.60 Å². The summed E-state index contributed by atoms with van der Waals surface area (Å²) in [6, 6.07) is 21.3. The van der Waals surface area contributed by atoms with Gasteiger partial charge >= 0.3 is 0 Å². The van der Waals surface area contributed by atoms with Crippen molar-refractivity contribution in [3.63, 3.8) is 0 Å². The lowest BCUT2D eigenvalue weighted by Crippen LogP contribution is -2.39. The third-order valence-electron chi connectivity index (χ3n) is 4.20. The van der Waals surface area contributed by atoms with Crippen LogP contribution in [0.5, 0.6) is 0 Å². The first-order valence-corrected chi connectivity index (χ1v) is 8.07. The van der Waals surface area contributed by atoms with Gasteiger partial charge in [-0.2, -0.15) is 0 Å². The summed E-state index contributed by atoms with van der Waals surface area (Å²) in [5, 5.41) is 14.5. The molecule has 0 heterocycles. The number of rotatable bonds is 6. The van der Waals surface area contributed by atoms with E-state index in [1.165, 1.54) is 24.3 Å². The molecule has 0 fully saturated rings. The maximum absolute atomic E-state index is 13.3. The van der Waals surface area contributed by atoms with Gasteiger partial charge in [0.2, 0.25) is 0 Å². The van der Waals surface area contributed by atoms with Gasteiger partial charge in [-0.1, -0.05) is 54.6 Å². The zero-order chi connectivity index (χ0) is 17.7. The second-order valence-corrected chi connectivity index (χ2v) is 5.96. The number of halogens is 2. The minimum atomic E-state index is -1.30. The molecule has 2 N–H and O–H groups in total. The number of benzene rings is 3. The highest BCUT2D eigenvalue weighted by atomic mass is 19.1. The van der Waals surface area contributed by atoms with Crippen LogP contribution in [-0.2, 0) is 12.1 Å². The van der Waals surface area contributed by atoms with Crippen LogP contribution in [0.4, 0.5) is 8.78 Å². The minimum absolute atomic E-state index is 0.236. The molecular formula is C21H19F2NO. The molecule has 0 aliphatic carbocycles. The van der Waals surface area contributed by atoms with E-state index in [0.29, 0.717) is 17.7 Å². The highest BCUT2D eigenvalue weighted by Gasteiger charge is 2.31. The summed E-state index contributed by atoms with van der Waals surface area (Å²) in [7, 11) is 0. The molecule has 0 saturated heterocycles. The van der Waals surface area contributed by atoms with Gasteiger partial charge in [-0.05, 0) is 41.0 Å². The Labute approximate surface area is 145 Å². The molecule has 0 aromatic heterocycles. The first-order chi connectivity index (χ1) is 12.1. The van der Waals surface area contributed by atoms with Crippen molar-refractivity contribution < 1.29 is 13.9 Å². The van der Waals surface area contributed by atoms with Crippen molar-refractivity contribution >= 4 is 0 Å². The van der Waals surface area contributed by atoms with Crippen molar-refractivity contribution in [3.05, 3.63) is 107 Å². The average molecular weight is 339 g/mol. The van der Waals surface area contributed by atoms with Crippen LogP contribution in [0.15, 0.2) is 78.9 Å². The Kier molecular flexibility index (Phi) is 5.22.